The van der Waals surface area contributed by atoms with Crippen LogP contribution in [0.1, 0.15) is 103 Å². The highest BCUT2D eigenvalue weighted by atomic mass is 15.0. The molecule has 2 heteroatoms. The molecule has 0 heterocycles. The minimum absolute atomic E-state index is 0.346. The van der Waals surface area contributed by atoms with Crippen molar-refractivity contribution in [1.82, 2.24) is 10.6 Å². The minimum atomic E-state index is 0.346. The van der Waals surface area contributed by atoms with Crippen molar-refractivity contribution < 1.29 is 0 Å². The van der Waals surface area contributed by atoms with Crippen LogP contribution in [0.4, 0.5) is 0 Å². The summed E-state index contributed by atoms with van der Waals surface area (Å²) in [6.45, 7) is 9.37. The molecule has 4 bridgehead atoms. The summed E-state index contributed by atoms with van der Waals surface area (Å²) in [5.41, 5.74) is 3.50. The maximum absolute atomic E-state index is 4.68. The van der Waals surface area contributed by atoms with Crippen molar-refractivity contribution in [3.05, 3.63) is 24.6 Å². The molecule has 0 saturated heterocycles. The quantitative estimate of drug-likeness (QED) is 0.552. The molecule has 2 nitrogen and oxygen atoms in total. The van der Waals surface area contributed by atoms with Crippen molar-refractivity contribution >= 4 is 0 Å². The molecule has 0 radical (unpaired) electrons. The molecule has 6 aliphatic carbocycles. The van der Waals surface area contributed by atoms with Crippen LogP contribution in [0.5, 0.6) is 0 Å². The third kappa shape index (κ3) is 3.43. The number of rotatable bonds is 6. The first-order chi connectivity index (χ1) is 13.6. The SMILES string of the molecule is C=C(NC1CCCCC1)C12CC3CC(C1)CC(C(=C)NC1CCCCC1)(C3)C2. The Bertz CT molecular complexity index is 544. The summed E-state index contributed by atoms with van der Waals surface area (Å²) in [6.07, 6.45) is 22.2. The van der Waals surface area contributed by atoms with E-state index in [2.05, 4.69) is 23.8 Å². The molecular formula is C26H42N2. The first-order valence-electron chi connectivity index (χ1n) is 12.5. The van der Waals surface area contributed by atoms with E-state index >= 15 is 0 Å². The first-order valence-corrected chi connectivity index (χ1v) is 12.5. The topological polar surface area (TPSA) is 24.1 Å². The Kier molecular flexibility index (Phi) is 5.04. The van der Waals surface area contributed by atoms with E-state index in [0.29, 0.717) is 22.9 Å². The van der Waals surface area contributed by atoms with Gasteiger partial charge in [-0.2, -0.15) is 0 Å². The lowest BCUT2D eigenvalue weighted by Crippen LogP contribution is -2.57. The summed E-state index contributed by atoms with van der Waals surface area (Å²) in [5, 5.41) is 7.94. The van der Waals surface area contributed by atoms with Crippen LogP contribution in [0.3, 0.4) is 0 Å². The van der Waals surface area contributed by atoms with Crippen molar-refractivity contribution in [2.45, 2.75) is 115 Å². The van der Waals surface area contributed by atoms with Gasteiger partial charge in [0.15, 0.2) is 0 Å². The second-order valence-corrected chi connectivity index (χ2v) is 11.4. The summed E-state index contributed by atoms with van der Waals surface area (Å²) in [5.74, 6) is 1.80. The number of hydrogen-bond donors (Lipinski definition) is 2. The molecule has 0 aromatic carbocycles. The molecule has 28 heavy (non-hydrogen) atoms. The van der Waals surface area contributed by atoms with Crippen LogP contribution in [0.15, 0.2) is 24.6 Å². The van der Waals surface area contributed by atoms with Gasteiger partial charge in [0.2, 0.25) is 0 Å². The van der Waals surface area contributed by atoms with Crippen LogP contribution in [0.25, 0.3) is 0 Å². The van der Waals surface area contributed by atoms with Gasteiger partial charge in [0.25, 0.3) is 0 Å². The van der Waals surface area contributed by atoms with Crippen LogP contribution in [-0.2, 0) is 0 Å². The molecule has 0 amide bonds. The zero-order chi connectivity index (χ0) is 19.2. The molecule has 6 saturated carbocycles. The molecule has 0 aromatic rings. The molecule has 156 valence electrons. The molecule has 6 aliphatic rings. The van der Waals surface area contributed by atoms with E-state index in [-0.39, 0.29) is 0 Å². The fourth-order valence-electron chi connectivity index (χ4n) is 8.26. The smallest absolute Gasteiger partial charge is 0.0258 e. The predicted octanol–water partition coefficient (Wildman–Crippen LogP) is 6.45. The normalized spacial score (nSPS) is 41.0. The van der Waals surface area contributed by atoms with E-state index in [0.717, 1.165) is 11.8 Å². The average molecular weight is 383 g/mol. The highest BCUT2D eigenvalue weighted by Gasteiger charge is 2.59. The number of nitrogens with one attached hydrogen (secondary N) is 2. The summed E-state index contributed by atoms with van der Waals surface area (Å²) < 4.78 is 0. The Balaban J connectivity index is 1.31. The fraction of sp³-hybridized carbons (Fsp3) is 0.846. The molecule has 6 fully saturated rings. The number of hydrogen-bond acceptors (Lipinski definition) is 2. The van der Waals surface area contributed by atoms with E-state index in [4.69, 9.17) is 0 Å². The van der Waals surface area contributed by atoms with Crippen LogP contribution in [0, 0.1) is 22.7 Å². The van der Waals surface area contributed by atoms with E-state index in [1.165, 1.54) is 114 Å². The Morgan fingerprint density at radius 3 is 1.39 bits per heavy atom. The average Bonchev–Trinajstić information content (AvgIpc) is 2.68. The Hall–Kier alpha value is -0.920. The zero-order valence-electron chi connectivity index (χ0n) is 18.0. The number of allylic oxidation sites excluding steroid dienone is 2. The maximum atomic E-state index is 4.68. The Morgan fingerprint density at radius 1 is 0.607 bits per heavy atom. The third-order valence-electron chi connectivity index (χ3n) is 9.31. The lowest BCUT2D eigenvalue weighted by atomic mass is 9.43. The Labute approximate surface area is 173 Å². The first kappa shape index (κ1) is 19.1. The zero-order valence-corrected chi connectivity index (χ0v) is 18.0. The lowest BCUT2D eigenvalue weighted by Gasteiger charge is -2.63. The van der Waals surface area contributed by atoms with Crippen molar-refractivity contribution in [3.63, 3.8) is 0 Å². The maximum Gasteiger partial charge on any atom is 0.0258 e. The van der Waals surface area contributed by atoms with E-state index in [9.17, 15) is 0 Å². The highest BCUT2D eigenvalue weighted by molar-refractivity contribution is 5.26. The summed E-state index contributed by atoms with van der Waals surface area (Å²) in [6, 6.07) is 1.38. The standard InChI is InChI=1S/C26H42N2/c1-19(27-23-9-5-3-6-10-23)25-14-21-13-22(15-25)17-26(16-21,18-25)20(2)28-24-11-7-4-8-12-24/h21-24,27-28H,1-18H2. The lowest BCUT2D eigenvalue weighted by molar-refractivity contribution is -0.0801. The van der Waals surface area contributed by atoms with Crippen LogP contribution in [0.2, 0.25) is 0 Å². The van der Waals surface area contributed by atoms with Crippen LogP contribution >= 0.6 is 0 Å². The summed E-state index contributed by atoms with van der Waals surface area (Å²) in [4.78, 5) is 0. The third-order valence-corrected chi connectivity index (χ3v) is 9.31. The van der Waals surface area contributed by atoms with Crippen molar-refractivity contribution in [3.8, 4) is 0 Å². The highest BCUT2D eigenvalue weighted by Crippen LogP contribution is 2.68. The van der Waals surface area contributed by atoms with Gasteiger partial charge in [-0.1, -0.05) is 51.7 Å². The van der Waals surface area contributed by atoms with Gasteiger partial charge < -0.3 is 10.6 Å². The predicted molar refractivity (Wildman–Crippen MR) is 118 cm³/mol. The van der Waals surface area contributed by atoms with Gasteiger partial charge in [0.1, 0.15) is 0 Å². The Morgan fingerprint density at radius 2 is 1.00 bits per heavy atom. The van der Waals surface area contributed by atoms with Gasteiger partial charge >= 0.3 is 0 Å². The van der Waals surface area contributed by atoms with Gasteiger partial charge in [0, 0.05) is 34.3 Å². The minimum Gasteiger partial charge on any atom is -0.386 e. The van der Waals surface area contributed by atoms with E-state index in [1.54, 1.807) is 0 Å². The van der Waals surface area contributed by atoms with Gasteiger partial charge in [-0.25, -0.2) is 0 Å². The van der Waals surface area contributed by atoms with E-state index < -0.39 is 0 Å². The fourth-order valence-corrected chi connectivity index (χ4v) is 8.26. The van der Waals surface area contributed by atoms with Crippen molar-refractivity contribution in [1.29, 1.82) is 0 Å². The van der Waals surface area contributed by atoms with Gasteiger partial charge in [-0.3, -0.25) is 0 Å². The molecule has 0 aromatic heterocycles. The van der Waals surface area contributed by atoms with Crippen molar-refractivity contribution in [2.75, 3.05) is 0 Å². The largest absolute Gasteiger partial charge is 0.386 e. The molecule has 0 unspecified atom stereocenters. The second-order valence-electron chi connectivity index (χ2n) is 11.4. The van der Waals surface area contributed by atoms with Gasteiger partial charge in [0.05, 0.1) is 0 Å². The van der Waals surface area contributed by atoms with Crippen LogP contribution < -0.4 is 10.6 Å². The molecular weight excluding hydrogens is 340 g/mol. The molecule has 0 atom stereocenters. The molecule has 6 rings (SSSR count). The summed E-state index contributed by atoms with van der Waals surface area (Å²) >= 11 is 0. The molecule has 0 spiro atoms. The van der Waals surface area contributed by atoms with Crippen molar-refractivity contribution in [2.24, 2.45) is 22.7 Å². The monoisotopic (exact) mass is 382 g/mol. The van der Waals surface area contributed by atoms with Gasteiger partial charge in [-0.05, 0) is 76.0 Å². The molecule has 0 aliphatic heterocycles. The second kappa shape index (κ2) is 7.40. The summed E-state index contributed by atoms with van der Waals surface area (Å²) in [7, 11) is 0. The van der Waals surface area contributed by atoms with E-state index in [1.807, 2.05) is 0 Å². The van der Waals surface area contributed by atoms with Crippen LogP contribution in [-0.4, -0.2) is 12.1 Å². The van der Waals surface area contributed by atoms with Gasteiger partial charge in [-0.15, -0.1) is 0 Å². The molecule has 2 N–H and O–H groups in total.